The molecule has 2 aliphatic heterocycles. The minimum atomic E-state index is -4.89. The van der Waals surface area contributed by atoms with E-state index in [2.05, 4.69) is 15.1 Å². The number of ether oxygens (including phenoxy) is 1. The van der Waals surface area contributed by atoms with Crippen molar-refractivity contribution < 1.29 is 41.2 Å². The van der Waals surface area contributed by atoms with Gasteiger partial charge in [-0.15, -0.1) is 4.28 Å². The van der Waals surface area contributed by atoms with Crippen molar-refractivity contribution in [3.8, 4) is 5.75 Å². The second-order valence-electron chi connectivity index (χ2n) is 8.56. The number of hydrogen-bond acceptors (Lipinski definition) is 9. The molecule has 14 nitrogen and oxygen atoms in total. The van der Waals surface area contributed by atoms with E-state index in [1.165, 1.54) is 12.1 Å². The van der Waals surface area contributed by atoms with Gasteiger partial charge in [0.1, 0.15) is 17.8 Å². The maximum absolute atomic E-state index is 12.5. The van der Waals surface area contributed by atoms with Crippen LogP contribution in [0.3, 0.4) is 0 Å². The van der Waals surface area contributed by atoms with Crippen LogP contribution in [0.2, 0.25) is 0 Å². The standard InChI is InChI=1S/C20H27N5O9S/c1-11(2)17(21)19(28)33-14-6-3-12(4-7-14)9-16(26)22-23-18(27)15-8-5-13-10-24(15)20(29)25(13)34-35(30,31)32/h3-4,6-7,11,13,15,17H,5,8-10,21H2,1-2H3,(H,22,26)(H,23,27)(H,30,31,32)/t13-,15+,17?/m1/s1. The minimum absolute atomic E-state index is 0.0272. The predicted octanol–water partition coefficient (Wildman–Crippen LogP) is -0.732. The van der Waals surface area contributed by atoms with Gasteiger partial charge in [0.2, 0.25) is 5.91 Å². The molecular weight excluding hydrogens is 486 g/mol. The van der Waals surface area contributed by atoms with E-state index in [1.807, 2.05) is 0 Å². The maximum Gasteiger partial charge on any atom is 0.418 e. The van der Waals surface area contributed by atoms with Crippen molar-refractivity contribution >= 4 is 34.2 Å². The fraction of sp³-hybridized carbons (Fsp3) is 0.500. The van der Waals surface area contributed by atoms with Crippen LogP contribution in [0.4, 0.5) is 4.79 Å². The Balaban J connectivity index is 1.48. The fourth-order valence-electron chi connectivity index (χ4n) is 3.68. The number of hydrogen-bond donors (Lipinski definition) is 4. The monoisotopic (exact) mass is 513 g/mol. The molecule has 1 aromatic rings. The molecule has 0 aromatic heterocycles. The maximum atomic E-state index is 12.5. The summed E-state index contributed by atoms with van der Waals surface area (Å²) in [5, 5.41) is 0.526. The molecule has 0 spiro atoms. The van der Waals surface area contributed by atoms with Gasteiger partial charge in [0.05, 0.1) is 12.5 Å². The summed E-state index contributed by atoms with van der Waals surface area (Å²) in [6, 6.07) is 2.97. The van der Waals surface area contributed by atoms with Crippen molar-refractivity contribution in [1.82, 2.24) is 20.8 Å². The van der Waals surface area contributed by atoms with E-state index in [4.69, 9.17) is 15.0 Å². The summed E-state index contributed by atoms with van der Waals surface area (Å²) in [6.07, 6.45) is 0.359. The van der Waals surface area contributed by atoms with Gasteiger partial charge in [0.25, 0.3) is 5.91 Å². The smallest absolute Gasteiger partial charge is 0.418 e. The molecule has 15 heteroatoms. The van der Waals surface area contributed by atoms with Crippen LogP contribution >= 0.6 is 0 Å². The van der Waals surface area contributed by atoms with Gasteiger partial charge in [0.15, 0.2) is 0 Å². The molecule has 5 N–H and O–H groups in total. The summed E-state index contributed by atoms with van der Waals surface area (Å²) >= 11 is 0. The Morgan fingerprint density at radius 3 is 2.43 bits per heavy atom. The van der Waals surface area contributed by atoms with Gasteiger partial charge in [-0.25, -0.2) is 9.59 Å². The third-order valence-electron chi connectivity index (χ3n) is 5.62. The number of nitrogens with one attached hydrogen (secondary N) is 2. The van der Waals surface area contributed by atoms with Crippen molar-refractivity contribution in [2.45, 2.75) is 51.2 Å². The normalized spacial score (nSPS) is 20.5. The highest BCUT2D eigenvalue weighted by atomic mass is 32.3. The van der Waals surface area contributed by atoms with Crippen LogP contribution < -0.4 is 21.3 Å². The Morgan fingerprint density at radius 1 is 1.17 bits per heavy atom. The number of rotatable bonds is 8. The largest absolute Gasteiger partial charge is 0.425 e. The lowest BCUT2D eigenvalue weighted by atomic mass is 10.0. The van der Waals surface area contributed by atoms with Gasteiger partial charge < -0.3 is 15.4 Å². The van der Waals surface area contributed by atoms with Crippen LogP contribution in [-0.2, 0) is 35.5 Å². The Bertz CT molecular complexity index is 1090. The Hall–Kier alpha value is -3.27. The minimum Gasteiger partial charge on any atom is -0.425 e. The van der Waals surface area contributed by atoms with E-state index in [9.17, 15) is 27.6 Å². The van der Waals surface area contributed by atoms with Gasteiger partial charge >= 0.3 is 22.4 Å². The van der Waals surface area contributed by atoms with E-state index in [0.717, 1.165) is 4.90 Å². The molecule has 2 bridgehead atoms. The lowest BCUT2D eigenvalue weighted by Gasteiger charge is -2.29. The molecule has 2 aliphatic rings. The van der Waals surface area contributed by atoms with E-state index in [-0.39, 0.29) is 37.5 Å². The van der Waals surface area contributed by atoms with Gasteiger partial charge in [0, 0.05) is 6.54 Å². The number of urea groups is 1. The fourth-order valence-corrected chi connectivity index (χ4v) is 4.07. The first-order valence-electron chi connectivity index (χ1n) is 10.8. The van der Waals surface area contributed by atoms with Crippen molar-refractivity contribution in [3.05, 3.63) is 29.8 Å². The number of hydroxylamine groups is 2. The number of fused-ring (bicyclic) bond motifs is 2. The third-order valence-corrected chi connectivity index (χ3v) is 5.97. The third kappa shape index (κ3) is 6.66. The number of nitrogens with zero attached hydrogens (tertiary/aromatic N) is 2. The molecule has 2 fully saturated rings. The highest BCUT2D eigenvalue weighted by Gasteiger charge is 2.49. The zero-order valence-electron chi connectivity index (χ0n) is 19.0. The van der Waals surface area contributed by atoms with Crippen LogP contribution in [0, 0.1) is 5.92 Å². The van der Waals surface area contributed by atoms with Gasteiger partial charge in [-0.2, -0.15) is 13.5 Å². The molecule has 35 heavy (non-hydrogen) atoms. The SMILES string of the molecule is CC(C)C(N)C(=O)Oc1ccc(CC(=O)NNC(=O)[C@@H]2CC[C@@H]3CN2C(=O)N3OS(=O)(=O)O)cc1. The highest BCUT2D eigenvalue weighted by molar-refractivity contribution is 7.80. The van der Waals surface area contributed by atoms with Crippen LogP contribution in [-0.4, -0.2) is 71.4 Å². The van der Waals surface area contributed by atoms with Crippen LogP contribution in [0.5, 0.6) is 5.75 Å². The van der Waals surface area contributed by atoms with E-state index < -0.39 is 52.3 Å². The number of piperidine rings is 1. The molecule has 0 aliphatic carbocycles. The molecule has 3 rings (SSSR count). The number of amides is 4. The topological polar surface area (TPSA) is 198 Å². The number of hydrazine groups is 1. The van der Waals surface area contributed by atoms with Crippen molar-refractivity contribution in [2.75, 3.05) is 6.54 Å². The zero-order valence-corrected chi connectivity index (χ0v) is 19.9. The first-order chi connectivity index (χ1) is 16.4. The van der Waals surface area contributed by atoms with E-state index in [0.29, 0.717) is 10.6 Å². The van der Waals surface area contributed by atoms with Crippen LogP contribution in [0.15, 0.2) is 24.3 Å². The molecule has 0 radical (unpaired) electrons. The Kier molecular flexibility index (Phi) is 7.94. The average molecular weight is 514 g/mol. The van der Waals surface area contributed by atoms with Crippen LogP contribution in [0.25, 0.3) is 0 Å². The molecule has 4 amide bonds. The summed E-state index contributed by atoms with van der Waals surface area (Å²) in [7, 11) is -4.89. The first-order valence-corrected chi connectivity index (χ1v) is 12.1. The molecule has 2 saturated heterocycles. The first kappa shape index (κ1) is 26.3. The number of carbonyl (C=O) groups excluding carboxylic acids is 4. The number of benzene rings is 1. The van der Waals surface area contributed by atoms with Gasteiger partial charge in [-0.05, 0) is 36.5 Å². The summed E-state index contributed by atoms with van der Waals surface area (Å²) in [4.78, 5) is 50.1. The van der Waals surface area contributed by atoms with Crippen molar-refractivity contribution in [1.29, 1.82) is 0 Å². The number of nitrogens with two attached hydrogens (primary N) is 1. The van der Waals surface area contributed by atoms with Gasteiger partial charge in [-0.1, -0.05) is 26.0 Å². The number of esters is 1. The summed E-state index contributed by atoms with van der Waals surface area (Å²) in [5.74, 6) is -1.57. The predicted molar refractivity (Wildman–Crippen MR) is 118 cm³/mol. The summed E-state index contributed by atoms with van der Waals surface area (Å²) < 4.78 is 40.2. The molecule has 2 heterocycles. The Morgan fingerprint density at radius 2 is 1.83 bits per heavy atom. The van der Waals surface area contributed by atoms with Crippen molar-refractivity contribution in [3.63, 3.8) is 0 Å². The number of carbonyl (C=O) groups is 4. The molecule has 1 unspecified atom stereocenters. The van der Waals surface area contributed by atoms with Crippen LogP contribution in [0.1, 0.15) is 32.3 Å². The van der Waals surface area contributed by atoms with E-state index in [1.54, 1.807) is 26.0 Å². The second-order valence-corrected chi connectivity index (χ2v) is 9.56. The Labute approximate surface area is 201 Å². The quantitative estimate of drug-likeness (QED) is 0.149. The summed E-state index contributed by atoms with van der Waals surface area (Å²) in [5.41, 5.74) is 10.9. The molecule has 1 aromatic carbocycles. The molecule has 0 saturated carbocycles. The molecule has 3 atom stereocenters. The second kappa shape index (κ2) is 10.6. The average Bonchev–Trinajstić information content (AvgIpc) is 3.01. The molecule has 192 valence electrons. The van der Waals surface area contributed by atoms with Crippen molar-refractivity contribution in [2.24, 2.45) is 11.7 Å². The summed E-state index contributed by atoms with van der Waals surface area (Å²) in [6.45, 7) is 3.63. The molecular formula is C20H27N5O9S. The van der Waals surface area contributed by atoms with Gasteiger partial charge in [-0.3, -0.25) is 25.0 Å². The lowest BCUT2D eigenvalue weighted by Crippen LogP contribution is -2.54. The highest BCUT2D eigenvalue weighted by Crippen LogP contribution is 2.30. The lowest BCUT2D eigenvalue weighted by molar-refractivity contribution is -0.136. The van der Waals surface area contributed by atoms with E-state index >= 15 is 0 Å². The zero-order chi connectivity index (χ0) is 25.9.